The van der Waals surface area contributed by atoms with Crippen LogP contribution in [0.4, 0.5) is 5.69 Å². The van der Waals surface area contributed by atoms with Crippen molar-refractivity contribution < 1.29 is 9.90 Å². The van der Waals surface area contributed by atoms with Gasteiger partial charge in [0.1, 0.15) is 0 Å². The minimum absolute atomic E-state index is 0.248. The Labute approximate surface area is 123 Å². The summed E-state index contributed by atoms with van der Waals surface area (Å²) in [5.41, 5.74) is 0.796. The quantitative estimate of drug-likeness (QED) is 0.891. The topological polar surface area (TPSA) is 92.9 Å². The molecule has 2 heterocycles. The van der Waals surface area contributed by atoms with Crippen molar-refractivity contribution in [2.75, 3.05) is 5.32 Å². The van der Waals surface area contributed by atoms with E-state index in [1.807, 2.05) is 6.92 Å². The van der Waals surface area contributed by atoms with Crippen LogP contribution < -0.4 is 5.32 Å². The second kappa shape index (κ2) is 5.61. The van der Waals surface area contributed by atoms with Crippen LogP contribution in [0.2, 0.25) is 0 Å². The zero-order valence-corrected chi connectivity index (χ0v) is 12.5. The predicted octanol–water partition coefficient (Wildman–Crippen LogP) is 1.57. The van der Waals surface area contributed by atoms with E-state index in [4.69, 9.17) is 0 Å². The number of amides is 1. The third-order valence-electron chi connectivity index (χ3n) is 3.52. The Kier molecular flexibility index (Phi) is 4.04. The van der Waals surface area contributed by atoms with E-state index in [2.05, 4.69) is 20.6 Å². The first-order valence-corrected chi connectivity index (χ1v) is 6.65. The van der Waals surface area contributed by atoms with Crippen molar-refractivity contribution in [3.63, 3.8) is 0 Å². The van der Waals surface area contributed by atoms with E-state index in [1.54, 1.807) is 31.5 Å². The molecule has 0 aliphatic carbocycles. The summed E-state index contributed by atoms with van der Waals surface area (Å²) in [4.78, 5) is 12.2. The van der Waals surface area contributed by atoms with Crippen LogP contribution in [0.15, 0.2) is 24.7 Å². The molecule has 0 aliphatic rings. The Bertz CT molecular complexity index is 631. The van der Waals surface area contributed by atoms with Gasteiger partial charge in [-0.05, 0) is 33.8 Å². The molecule has 7 heteroatoms. The Morgan fingerprint density at radius 3 is 2.67 bits per heavy atom. The Morgan fingerprint density at radius 1 is 1.38 bits per heavy atom. The van der Waals surface area contributed by atoms with Gasteiger partial charge < -0.3 is 10.4 Å². The Morgan fingerprint density at radius 2 is 2.10 bits per heavy atom. The largest absolute Gasteiger partial charge is 0.388 e. The smallest absolute Gasteiger partial charge is 0.259 e. The highest BCUT2D eigenvalue weighted by atomic mass is 16.3. The fourth-order valence-corrected chi connectivity index (χ4v) is 1.90. The zero-order valence-electron chi connectivity index (χ0n) is 12.5. The van der Waals surface area contributed by atoms with Crippen molar-refractivity contribution >= 4 is 11.6 Å². The van der Waals surface area contributed by atoms with E-state index in [1.165, 1.54) is 18.6 Å². The van der Waals surface area contributed by atoms with Gasteiger partial charge in [0.15, 0.2) is 0 Å². The minimum Gasteiger partial charge on any atom is -0.388 e. The SMILES string of the molecule is Cc1c(C(=O)Nc2ccnnc2)cnn1C(C)C(C)(C)O. The lowest BCUT2D eigenvalue weighted by molar-refractivity contribution is 0.0249. The molecular formula is C14H19N5O2. The zero-order chi connectivity index (χ0) is 15.6. The molecule has 1 unspecified atom stereocenters. The van der Waals surface area contributed by atoms with Gasteiger partial charge >= 0.3 is 0 Å². The van der Waals surface area contributed by atoms with E-state index >= 15 is 0 Å². The first-order chi connectivity index (χ1) is 9.80. The average Bonchev–Trinajstić information content (AvgIpc) is 2.79. The number of nitrogens with one attached hydrogen (secondary N) is 1. The van der Waals surface area contributed by atoms with Gasteiger partial charge in [-0.15, -0.1) is 0 Å². The lowest BCUT2D eigenvalue weighted by atomic mass is 10.0. The van der Waals surface area contributed by atoms with Crippen molar-refractivity contribution in [1.29, 1.82) is 0 Å². The molecule has 0 spiro atoms. The van der Waals surface area contributed by atoms with E-state index in [9.17, 15) is 9.90 Å². The molecule has 0 fully saturated rings. The molecule has 21 heavy (non-hydrogen) atoms. The summed E-state index contributed by atoms with van der Waals surface area (Å²) in [6, 6.07) is 1.41. The molecule has 0 radical (unpaired) electrons. The fourth-order valence-electron chi connectivity index (χ4n) is 1.90. The Balaban J connectivity index is 2.22. The predicted molar refractivity (Wildman–Crippen MR) is 78.0 cm³/mol. The highest BCUT2D eigenvalue weighted by molar-refractivity contribution is 6.04. The van der Waals surface area contributed by atoms with E-state index in [0.717, 1.165) is 0 Å². The maximum atomic E-state index is 12.2. The van der Waals surface area contributed by atoms with Crippen LogP contribution in [0.3, 0.4) is 0 Å². The van der Waals surface area contributed by atoms with E-state index < -0.39 is 5.60 Å². The van der Waals surface area contributed by atoms with Gasteiger partial charge in [-0.25, -0.2) is 0 Å². The van der Waals surface area contributed by atoms with Crippen molar-refractivity contribution in [2.24, 2.45) is 0 Å². The van der Waals surface area contributed by atoms with Gasteiger partial charge in [0.2, 0.25) is 0 Å². The molecule has 2 aromatic rings. The van der Waals surface area contributed by atoms with Crippen molar-refractivity contribution in [1.82, 2.24) is 20.0 Å². The van der Waals surface area contributed by atoms with Gasteiger partial charge in [0, 0.05) is 5.69 Å². The summed E-state index contributed by atoms with van der Waals surface area (Å²) in [6.07, 6.45) is 4.47. The van der Waals surface area contributed by atoms with Crippen molar-refractivity contribution in [3.8, 4) is 0 Å². The summed E-state index contributed by atoms with van der Waals surface area (Å²) in [5, 5.41) is 24.4. The lowest BCUT2D eigenvalue weighted by Crippen LogP contribution is -2.32. The molecule has 2 N–H and O–H groups in total. The lowest BCUT2D eigenvalue weighted by Gasteiger charge is -2.27. The molecule has 0 saturated heterocycles. The molecule has 0 saturated carbocycles. The summed E-state index contributed by atoms with van der Waals surface area (Å²) in [5.74, 6) is -0.269. The first-order valence-electron chi connectivity index (χ1n) is 6.65. The van der Waals surface area contributed by atoms with Gasteiger partial charge in [-0.2, -0.15) is 15.3 Å². The van der Waals surface area contributed by atoms with Crippen LogP contribution >= 0.6 is 0 Å². The van der Waals surface area contributed by atoms with Gasteiger partial charge in [-0.3, -0.25) is 9.48 Å². The molecular weight excluding hydrogens is 270 g/mol. The monoisotopic (exact) mass is 289 g/mol. The standard InChI is InChI=1S/C14H19N5O2/c1-9-12(8-17-19(9)10(2)14(3,4)21)13(20)18-11-5-6-15-16-7-11/h5-8,10,21H,1-4H3,(H,15,18,20). The maximum absolute atomic E-state index is 12.2. The number of aromatic nitrogens is 4. The molecule has 7 nitrogen and oxygen atoms in total. The van der Waals surface area contributed by atoms with Gasteiger partial charge in [-0.1, -0.05) is 0 Å². The summed E-state index contributed by atoms with van der Waals surface area (Å²) >= 11 is 0. The maximum Gasteiger partial charge on any atom is 0.259 e. The number of rotatable bonds is 4. The van der Waals surface area contributed by atoms with Gasteiger partial charge in [0.25, 0.3) is 5.91 Å². The molecule has 1 amide bonds. The van der Waals surface area contributed by atoms with Crippen molar-refractivity contribution in [2.45, 2.75) is 39.3 Å². The van der Waals surface area contributed by atoms with Crippen LogP contribution in [0.5, 0.6) is 0 Å². The number of hydrogen-bond donors (Lipinski definition) is 2. The molecule has 0 aromatic carbocycles. The summed E-state index contributed by atoms with van der Waals surface area (Å²) in [7, 11) is 0. The van der Waals surface area contributed by atoms with E-state index in [0.29, 0.717) is 16.9 Å². The van der Waals surface area contributed by atoms with E-state index in [-0.39, 0.29) is 11.9 Å². The highest BCUT2D eigenvalue weighted by Gasteiger charge is 2.27. The number of anilines is 1. The molecule has 0 aliphatic heterocycles. The molecule has 2 aromatic heterocycles. The molecule has 2 rings (SSSR count). The summed E-state index contributed by atoms with van der Waals surface area (Å²) < 4.78 is 1.65. The van der Waals surface area contributed by atoms with Crippen LogP contribution in [0, 0.1) is 6.92 Å². The second-order valence-corrected chi connectivity index (χ2v) is 5.50. The summed E-state index contributed by atoms with van der Waals surface area (Å²) in [6.45, 7) is 7.08. The third-order valence-corrected chi connectivity index (χ3v) is 3.52. The molecule has 1 atom stereocenters. The highest BCUT2D eigenvalue weighted by Crippen LogP contribution is 2.24. The molecule has 112 valence electrons. The van der Waals surface area contributed by atoms with Crippen molar-refractivity contribution in [3.05, 3.63) is 35.9 Å². The third kappa shape index (κ3) is 3.25. The minimum atomic E-state index is -0.931. The van der Waals surface area contributed by atoms with Crippen LogP contribution in [-0.4, -0.2) is 36.6 Å². The number of carbonyl (C=O) groups excluding carboxylic acids is 1. The second-order valence-electron chi connectivity index (χ2n) is 5.50. The van der Waals surface area contributed by atoms with Crippen LogP contribution in [-0.2, 0) is 0 Å². The van der Waals surface area contributed by atoms with Crippen LogP contribution in [0.25, 0.3) is 0 Å². The first kappa shape index (κ1) is 15.1. The number of carbonyl (C=O) groups is 1. The fraction of sp³-hybridized carbons (Fsp3) is 0.429. The molecule has 0 bridgehead atoms. The average molecular weight is 289 g/mol. The number of aliphatic hydroxyl groups is 1. The van der Waals surface area contributed by atoms with Crippen LogP contribution in [0.1, 0.15) is 42.9 Å². The van der Waals surface area contributed by atoms with Gasteiger partial charge in [0.05, 0.1) is 41.5 Å². The normalized spacial score (nSPS) is 13.0. The Hall–Kier alpha value is -2.28. The number of hydrogen-bond acceptors (Lipinski definition) is 5. The number of nitrogens with zero attached hydrogens (tertiary/aromatic N) is 4.